The van der Waals surface area contributed by atoms with Crippen LogP contribution >= 0.6 is 11.8 Å². The molecule has 0 amide bonds. The maximum Gasteiger partial charge on any atom is 0.0279 e. The van der Waals surface area contributed by atoms with Gasteiger partial charge in [-0.25, -0.2) is 0 Å². The summed E-state index contributed by atoms with van der Waals surface area (Å²) in [6, 6.07) is 0. The Morgan fingerprint density at radius 3 is 2.50 bits per heavy atom. The Morgan fingerprint density at radius 1 is 1.50 bits per heavy atom. The van der Waals surface area contributed by atoms with Crippen LogP contribution in [-0.2, 0) is 0 Å². The Morgan fingerprint density at radius 2 is 2.10 bits per heavy atom. The van der Waals surface area contributed by atoms with Crippen molar-refractivity contribution in [3.8, 4) is 0 Å². The van der Waals surface area contributed by atoms with Crippen LogP contribution in [0.2, 0.25) is 0 Å². The first-order valence-corrected chi connectivity index (χ1v) is 4.88. The molecule has 0 nitrogen and oxygen atoms in total. The Kier molecular flexibility index (Phi) is 4.88. The molecule has 0 spiro atoms. The highest BCUT2D eigenvalue weighted by Crippen LogP contribution is 2.25. The third-order valence-electron chi connectivity index (χ3n) is 1.46. The molecule has 1 heteroatoms. The van der Waals surface area contributed by atoms with Crippen molar-refractivity contribution >= 4 is 11.8 Å². The summed E-state index contributed by atoms with van der Waals surface area (Å²) in [4.78, 5) is 0. The second-order valence-corrected chi connectivity index (χ2v) is 4.76. The molecule has 0 aromatic heterocycles. The molecule has 0 aliphatic rings. The van der Waals surface area contributed by atoms with Gasteiger partial charge >= 0.3 is 0 Å². The third kappa shape index (κ3) is 4.92. The fourth-order valence-corrected chi connectivity index (χ4v) is 1.62. The molecule has 0 saturated carbocycles. The molecule has 10 heavy (non-hydrogen) atoms. The van der Waals surface area contributed by atoms with E-state index in [1.807, 2.05) is 17.8 Å². The molecular weight excluding hydrogens is 140 g/mol. The molecule has 0 aromatic carbocycles. The van der Waals surface area contributed by atoms with Crippen LogP contribution in [0.5, 0.6) is 0 Å². The largest absolute Gasteiger partial charge is 0.152 e. The fourth-order valence-electron chi connectivity index (χ4n) is 0.538. The number of unbranched alkanes of at least 4 members (excludes halogenated alkanes) is 1. The summed E-state index contributed by atoms with van der Waals surface area (Å²) in [5.41, 5.74) is 0. The molecule has 0 radical (unpaired) electrons. The van der Waals surface area contributed by atoms with Gasteiger partial charge in [0.15, 0.2) is 0 Å². The van der Waals surface area contributed by atoms with Gasteiger partial charge in [-0.05, 0) is 26.0 Å². The summed E-state index contributed by atoms with van der Waals surface area (Å²) in [5.74, 6) is 1.26. The van der Waals surface area contributed by atoms with Gasteiger partial charge in [0, 0.05) is 4.75 Å². The maximum absolute atomic E-state index is 3.79. The van der Waals surface area contributed by atoms with E-state index in [1.165, 1.54) is 18.6 Å². The lowest BCUT2D eigenvalue weighted by Gasteiger charge is -2.18. The second-order valence-electron chi connectivity index (χ2n) is 3.01. The third-order valence-corrected chi connectivity index (χ3v) is 2.87. The molecular formula is C9H18S. The van der Waals surface area contributed by atoms with Gasteiger partial charge in [-0.1, -0.05) is 19.4 Å². The first kappa shape index (κ1) is 10.1. The standard InChI is InChI=1S/C9H18S/c1-5-7-8-10-9(3,4)6-2/h6H,2,5,7-8H2,1,3-4H3. The first-order chi connectivity index (χ1) is 4.62. The summed E-state index contributed by atoms with van der Waals surface area (Å²) >= 11 is 1.99. The lowest BCUT2D eigenvalue weighted by atomic mass is 10.2. The van der Waals surface area contributed by atoms with Crippen molar-refractivity contribution in [3.05, 3.63) is 12.7 Å². The summed E-state index contributed by atoms with van der Waals surface area (Å²) in [7, 11) is 0. The number of hydrogen-bond donors (Lipinski definition) is 0. The highest BCUT2D eigenvalue weighted by Gasteiger charge is 2.11. The molecule has 0 N–H and O–H groups in total. The summed E-state index contributed by atoms with van der Waals surface area (Å²) in [6.45, 7) is 10.4. The van der Waals surface area contributed by atoms with Crippen molar-refractivity contribution < 1.29 is 0 Å². The van der Waals surface area contributed by atoms with Gasteiger partial charge in [0.1, 0.15) is 0 Å². The predicted molar refractivity (Wildman–Crippen MR) is 51.6 cm³/mol. The van der Waals surface area contributed by atoms with Crippen LogP contribution in [0.3, 0.4) is 0 Å². The molecule has 0 aromatic rings. The van der Waals surface area contributed by atoms with E-state index in [4.69, 9.17) is 0 Å². The smallest absolute Gasteiger partial charge is 0.0279 e. The lowest BCUT2D eigenvalue weighted by Crippen LogP contribution is -2.10. The van der Waals surface area contributed by atoms with Gasteiger partial charge in [-0.15, -0.1) is 6.58 Å². The van der Waals surface area contributed by atoms with Gasteiger partial charge in [0.05, 0.1) is 0 Å². The van der Waals surface area contributed by atoms with Gasteiger partial charge < -0.3 is 0 Å². The van der Waals surface area contributed by atoms with Crippen molar-refractivity contribution in [2.75, 3.05) is 5.75 Å². The van der Waals surface area contributed by atoms with Crippen LogP contribution in [0.25, 0.3) is 0 Å². The van der Waals surface area contributed by atoms with Crippen LogP contribution in [0.1, 0.15) is 33.6 Å². The molecule has 0 fully saturated rings. The van der Waals surface area contributed by atoms with Crippen molar-refractivity contribution in [2.45, 2.75) is 38.4 Å². The summed E-state index contributed by atoms with van der Waals surface area (Å²) in [5, 5.41) is 0. The highest BCUT2D eigenvalue weighted by atomic mass is 32.2. The van der Waals surface area contributed by atoms with Crippen LogP contribution < -0.4 is 0 Å². The molecule has 0 rings (SSSR count). The Balaban J connectivity index is 3.37. The molecule has 0 aliphatic carbocycles. The molecule has 60 valence electrons. The lowest BCUT2D eigenvalue weighted by molar-refractivity contribution is 0.865. The molecule has 0 aliphatic heterocycles. The molecule has 0 atom stereocenters. The van der Waals surface area contributed by atoms with E-state index in [2.05, 4.69) is 27.4 Å². The Hall–Kier alpha value is 0.0900. The van der Waals surface area contributed by atoms with Crippen molar-refractivity contribution in [1.82, 2.24) is 0 Å². The average Bonchev–Trinajstić information content (AvgIpc) is 1.89. The summed E-state index contributed by atoms with van der Waals surface area (Å²) in [6.07, 6.45) is 4.63. The minimum atomic E-state index is 0.273. The van der Waals surface area contributed by atoms with E-state index < -0.39 is 0 Å². The van der Waals surface area contributed by atoms with E-state index in [-0.39, 0.29) is 4.75 Å². The predicted octanol–water partition coefficient (Wildman–Crippen LogP) is 3.48. The molecule has 0 saturated heterocycles. The quantitative estimate of drug-likeness (QED) is 0.436. The molecule has 0 unspecified atom stereocenters. The van der Waals surface area contributed by atoms with Crippen LogP contribution in [0.15, 0.2) is 12.7 Å². The number of thioether (sulfide) groups is 1. The summed E-state index contributed by atoms with van der Waals surface area (Å²) < 4.78 is 0.273. The minimum absolute atomic E-state index is 0.273. The van der Waals surface area contributed by atoms with Gasteiger partial charge in [0.2, 0.25) is 0 Å². The molecule has 0 heterocycles. The van der Waals surface area contributed by atoms with Crippen LogP contribution in [0, 0.1) is 0 Å². The Labute approximate surface area is 69.1 Å². The SMILES string of the molecule is C=CC(C)(C)SCCCC. The van der Waals surface area contributed by atoms with E-state index in [1.54, 1.807) is 0 Å². The van der Waals surface area contributed by atoms with Crippen molar-refractivity contribution in [3.63, 3.8) is 0 Å². The fraction of sp³-hybridized carbons (Fsp3) is 0.778. The van der Waals surface area contributed by atoms with E-state index in [0.29, 0.717) is 0 Å². The zero-order valence-electron chi connectivity index (χ0n) is 7.31. The maximum atomic E-state index is 3.79. The second kappa shape index (κ2) is 4.84. The van der Waals surface area contributed by atoms with E-state index in [9.17, 15) is 0 Å². The average molecular weight is 158 g/mol. The van der Waals surface area contributed by atoms with E-state index >= 15 is 0 Å². The normalized spacial score (nSPS) is 11.5. The van der Waals surface area contributed by atoms with Gasteiger partial charge in [-0.3, -0.25) is 0 Å². The van der Waals surface area contributed by atoms with E-state index in [0.717, 1.165) is 0 Å². The highest BCUT2D eigenvalue weighted by molar-refractivity contribution is 8.00. The monoisotopic (exact) mass is 158 g/mol. The van der Waals surface area contributed by atoms with Crippen molar-refractivity contribution in [1.29, 1.82) is 0 Å². The first-order valence-electron chi connectivity index (χ1n) is 3.90. The topological polar surface area (TPSA) is 0 Å². The minimum Gasteiger partial charge on any atom is -0.152 e. The number of hydrogen-bond acceptors (Lipinski definition) is 1. The number of rotatable bonds is 5. The van der Waals surface area contributed by atoms with Crippen molar-refractivity contribution in [2.24, 2.45) is 0 Å². The van der Waals surface area contributed by atoms with Gasteiger partial charge in [0.25, 0.3) is 0 Å². The zero-order valence-corrected chi connectivity index (χ0v) is 8.13. The Bertz CT molecular complexity index is 94.9. The zero-order chi connectivity index (χ0) is 8.04. The van der Waals surface area contributed by atoms with Crippen LogP contribution in [-0.4, -0.2) is 10.5 Å². The molecule has 0 bridgehead atoms. The van der Waals surface area contributed by atoms with Crippen LogP contribution in [0.4, 0.5) is 0 Å². The van der Waals surface area contributed by atoms with Gasteiger partial charge in [-0.2, -0.15) is 11.8 Å².